The summed E-state index contributed by atoms with van der Waals surface area (Å²) < 4.78 is 0.757. The number of thioether (sulfide) groups is 1. The second-order valence-electron chi connectivity index (χ2n) is 3.75. The minimum atomic E-state index is -0.484. The quantitative estimate of drug-likeness (QED) is 0.299. The Morgan fingerprint density at radius 3 is 2.95 bits per heavy atom. The van der Waals surface area contributed by atoms with Gasteiger partial charge < -0.3 is 0 Å². The first-order chi connectivity index (χ1) is 10.1. The fourth-order valence-electron chi connectivity index (χ4n) is 1.40. The van der Waals surface area contributed by atoms with E-state index in [2.05, 4.69) is 15.5 Å². The molecule has 21 heavy (non-hydrogen) atoms. The standard InChI is InChI=1S/C12H10N4O3S2/c1-20-12-15-14-11(21-12)13-10(17)6-5-8-3-2-4-9(7-8)16(18)19/h2-7H,1H3,(H,13,14,17)/b6-5+. The average Bonchev–Trinajstić information content (AvgIpc) is 2.93. The average molecular weight is 322 g/mol. The molecule has 1 aromatic heterocycles. The van der Waals surface area contributed by atoms with Gasteiger partial charge in [-0.15, -0.1) is 10.2 Å². The molecule has 0 spiro atoms. The van der Waals surface area contributed by atoms with Crippen molar-refractivity contribution in [1.29, 1.82) is 0 Å². The van der Waals surface area contributed by atoms with Crippen molar-refractivity contribution in [2.45, 2.75) is 4.34 Å². The highest BCUT2D eigenvalue weighted by molar-refractivity contribution is 8.00. The normalized spacial score (nSPS) is 10.7. The Morgan fingerprint density at radius 1 is 1.48 bits per heavy atom. The summed E-state index contributed by atoms with van der Waals surface area (Å²) in [6, 6.07) is 6.02. The van der Waals surface area contributed by atoms with E-state index in [1.165, 1.54) is 47.4 Å². The van der Waals surface area contributed by atoms with Gasteiger partial charge in [-0.05, 0) is 17.9 Å². The van der Waals surface area contributed by atoms with Gasteiger partial charge in [-0.1, -0.05) is 35.2 Å². The fourth-order valence-corrected chi connectivity index (χ4v) is 2.58. The van der Waals surface area contributed by atoms with Gasteiger partial charge in [0.25, 0.3) is 5.69 Å². The number of amides is 1. The van der Waals surface area contributed by atoms with Gasteiger partial charge >= 0.3 is 0 Å². The second kappa shape index (κ2) is 6.95. The Balaban J connectivity index is 2.01. The zero-order valence-electron chi connectivity index (χ0n) is 10.8. The number of nitrogens with one attached hydrogen (secondary N) is 1. The first-order valence-corrected chi connectivity index (χ1v) is 7.73. The van der Waals surface area contributed by atoms with Crippen LogP contribution in [0.4, 0.5) is 10.8 Å². The number of hydrogen-bond acceptors (Lipinski definition) is 7. The van der Waals surface area contributed by atoms with Gasteiger partial charge in [0.2, 0.25) is 11.0 Å². The molecule has 1 amide bonds. The maximum absolute atomic E-state index is 11.7. The highest BCUT2D eigenvalue weighted by Crippen LogP contribution is 2.23. The summed E-state index contributed by atoms with van der Waals surface area (Å²) in [6.45, 7) is 0. The number of hydrogen-bond donors (Lipinski definition) is 1. The van der Waals surface area contributed by atoms with E-state index in [1.807, 2.05) is 6.26 Å². The van der Waals surface area contributed by atoms with Crippen molar-refractivity contribution in [2.75, 3.05) is 11.6 Å². The molecule has 0 aliphatic carbocycles. The lowest BCUT2D eigenvalue weighted by atomic mass is 10.2. The topological polar surface area (TPSA) is 98.0 Å². The molecule has 0 aliphatic rings. The largest absolute Gasteiger partial charge is 0.297 e. The van der Waals surface area contributed by atoms with E-state index in [9.17, 15) is 14.9 Å². The van der Waals surface area contributed by atoms with Crippen LogP contribution >= 0.6 is 23.1 Å². The van der Waals surface area contributed by atoms with E-state index < -0.39 is 4.92 Å². The molecule has 0 radical (unpaired) electrons. The molecule has 9 heteroatoms. The van der Waals surface area contributed by atoms with E-state index in [-0.39, 0.29) is 11.6 Å². The number of aromatic nitrogens is 2. The number of nitro groups is 1. The molecule has 0 bridgehead atoms. The minimum Gasteiger partial charge on any atom is -0.297 e. The summed E-state index contributed by atoms with van der Waals surface area (Å²) in [7, 11) is 0. The Hall–Kier alpha value is -2.26. The third-order valence-corrected chi connectivity index (χ3v) is 4.13. The maximum atomic E-state index is 11.7. The van der Waals surface area contributed by atoms with E-state index in [0.29, 0.717) is 10.7 Å². The van der Waals surface area contributed by atoms with Gasteiger partial charge in [0.1, 0.15) is 0 Å². The molecule has 0 saturated heterocycles. The molecule has 0 unspecified atom stereocenters. The molecular formula is C12H10N4O3S2. The highest BCUT2D eigenvalue weighted by Gasteiger charge is 2.06. The van der Waals surface area contributed by atoms with Gasteiger partial charge in [-0.2, -0.15) is 0 Å². The number of carbonyl (C=O) groups is 1. The molecule has 2 aromatic rings. The molecule has 1 heterocycles. The van der Waals surface area contributed by atoms with Crippen LogP contribution in [0, 0.1) is 10.1 Å². The molecular weight excluding hydrogens is 312 g/mol. The van der Waals surface area contributed by atoms with Crippen LogP contribution in [0.2, 0.25) is 0 Å². The Bertz CT molecular complexity index is 699. The van der Waals surface area contributed by atoms with Gasteiger partial charge in [-0.25, -0.2) is 0 Å². The number of nitro benzene ring substituents is 1. The van der Waals surface area contributed by atoms with Crippen LogP contribution < -0.4 is 5.32 Å². The Labute approximate surface area is 128 Å². The predicted octanol–water partition coefficient (Wildman–Crippen LogP) is 2.82. The van der Waals surface area contributed by atoms with Gasteiger partial charge in [0.15, 0.2) is 4.34 Å². The zero-order chi connectivity index (χ0) is 15.2. The van der Waals surface area contributed by atoms with Crippen molar-refractivity contribution >= 4 is 45.9 Å². The maximum Gasteiger partial charge on any atom is 0.270 e. The van der Waals surface area contributed by atoms with Crippen molar-refractivity contribution in [3.8, 4) is 0 Å². The lowest BCUT2D eigenvalue weighted by molar-refractivity contribution is -0.384. The van der Waals surface area contributed by atoms with Crippen LogP contribution in [0.1, 0.15) is 5.56 Å². The number of rotatable bonds is 5. The Kier molecular flexibility index (Phi) is 5.01. The van der Waals surface area contributed by atoms with Crippen LogP contribution in [0.25, 0.3) is 6.08 Å². The third-order valence-electron chi connectivity index (χ3n) is 2.32. The smallest absolute Gasteiger partial charge is 0.270 e. The molecule has 2 rings (SSSR count). The van der Waals surface area contributed by atoms with Crippen LogP contribution in [0.15, 0.2) is 34.7 Å². The molecule has 1 aromatic carbocycles. The molecule has 108 valence electrons. The number of anilines is 1. The van der Waals surface area contributed by atoms with Crippen LogP contribution in [0.5, 0.6) is 0 Å². The summed E-state index contributed by atoms with van der Waals surface area (Å²) in [5.41, 5.74) is 0.549. The van der Waals surface area contributed by atoms with Crippen molar-refractivity contribution in [1.82, 2.24) is 10.2 Å². The van der Waals surface area contributed by atoms with E-state index in [0.717, 1.165) is 4.34 Å². The Morgan fingerprint density at radius 2 is 2.29 bits per heavy atom. The van der Waals surface area contributed by atoms with Crippen molar-refractivity contribution in [3.05, 3.63) is 46.0 Å². The summed E-state index contributed by atoms with van der Waals surface area (Å²) >= 11 is 2.72. The highest BCUT2D eigenvalue weighted by atomic mass is 32.2. The second-order valence-corrected chi connectivity index (χ2v) is 5.78. The molecule has 0 fully saturated rings. The zero-order valence-corrected chi connectivity index (χ0v) is 12.5. The summed E-state index contributed by atoms with van der Waals surface area (Å²) in [4.78, 5) is 21.9. The number of nitrogens with zero attached hydrogens (tertiary/aromatic N) is 3. The van der Waals surface area contributed by atoms with Crippen LogP contribution in [0.3, 0.4) is 0 Å². The number of carbonyl (C=O) groups excluding carboxylic acids is 1. The first-order valence-electron chi connectivity index (χ1n) is 5.69. The first kappa shape index (κ1) is 15.1. The number of benzene rings is 1. The van der Waals surface area contributed by atoms with Gasteiger partial charge in [0.05, 0.1) is 4.92 Å². The van der Waals surface area contributed by atoms with Gasteiger partial charge in [0, 0.05) is 18.2 Å². The number of non-ortho nitro benzene ring substituents is 1. The van der Waals surface area contributed by atoms with Crippen molar-refractivity contribution in [3.63, 3.8) is 0 Å². The monoisotopic (exact) mass is 322 g/mol. The molecule has 0 saturated carbocycles. The lowest BCUT2D eigenvalue weighted by Gasteiger charge is -1.96. The third kappa shape index (κ3) is 4.36. The van der Waals surface area contributed by atoms with Crippen molar-refractivity contribution < 1.29 is 9.72 Å². The molecule has 1 N–H and O–H groups in total. The minimum absolute atomic E-state index is 0.0219. The van der Waals surface area contributed by atoms with E-state index >= 15 is 0 Å². The van der Waals surface area contributed by atoms with Crippen molar-refractivity contribution in [2.24, 2.45) is 0 Å². The fraction of sp³-hybridized carbons (Fsp3) is 0.0833. The van der Waals surface area contributed by atoms with E-state index in [4.69, 9.17) is 0 Å². The van der Waals surface area contributed by atoms with E-state index in [1.54, 1.807) is 12.1 Å². The molecule has 7 nitrogen and oxygen atoms in total. The molecule has 0 atom stereocenters. The SMILES string of the molecule is CSc1nnc(NC(=O)/C=C/c2cccc([N+](=O)[O-])c2)s1. The van der Waals surface area contributed by atoms with Gasteiger partial charge in [-0.3, -0.25) is 20.2 Å². The molecule has 0 aliphatic heterocycles. The van der Waals surface area contributed by atoms with Crippen LogP contribution in [-0.2, 0) is 4.79 Å². The van der Waals surface area contributed by atoms with Crippen LogP contribution in [-0.4, -0.2) is 27.3 Å². The summed E-state index contributed by atoms with van der Waals surface area (Å²) in [5, 5.41) is 21.3. The lowest BCUT2D eigenvalue weighted by Crippen LogP contribution is -2.07. The predicted molar refractivity (Wildman–Crippen MR) is 82.5 cm³/mol. The summed E-state index contributed by atoms with van der Waals surface area (Å²) in [6.07, 6.45) is 4.66. The summed E-state index contributed by atoms with van der Waals surface area (Å²) in [5.74, 6) is -0.370.